The molecule has 0 bridgehead atoms. The van der Waals surface area contributed by atoms with E-state index in [0.717, 1.165) is 11.6 Å². The molecule has 0 saturated carbocycles. The Morgan fingerprint density at radius 3 is 2.33 bits per heavy atom. The summed E-state index contributed by atoms with van der Waals surface area (Å²) in [5.74, 6) is -2.18. The monoisotopic (exact) mass is 312 g/mol. The Kier molecular flexibility index (Phi) is 4.24. The van der Waals surface area contributed by atoms with Crippen molar-refractivity contribution in [2.75, 3.05) is 5.73 Å². The van der Waals surface area contributed by atoms with Gasteiger partial charge in [0.15, 0.2) is 0 Å². The van der Waals surface area contributed by atoms with E-state index in [1.54, 1.807) is 37.3 Å². The summed E-state index contributed by atoms with van der Waals surface area (Å²) < 4.78 is 53.4. The van der Waals surface area contributed by atoms with Crippen LogP contribution in [0.3, 0.4) is 0 Å². The third-order valence-electron chi connectivity index (χ3n) is 2.97. The maximum atomic E-state index is 13.7. The molecule has 0 aliphatic carbocycles. The molecule has 0 saturated heterocycles. The topological polar surface area (TPSA) is 72.2 Å². The lowest BCUT2D eigenvalue weighted by molar-refractivity contribution is 0.538. The maximum absolute atomic E-state index is 13.7. The van der Waals surface area contributed by atoms with Gasteiger partial charge < -0.3 is 5.73 Å². The standard InChI is InChI=1S/C14H14F2N2O2S/c1-9(10-5-3-2-4-6-10)18-21(19,20)14-8-13(17)11(15)7-12(14)16/h2-9,18H,17H2,1H3/t9-/m1/s1. The van der Waals surface area contributed by atoms with Gasteiger partial charge >= 0.3 is 0 Å². The lowest BCUT2D eigenvalue weighted by Gasteiger charge is -2.15. The van der Waals surface area contributed by atoms with E-state index in [1.807, 2.05) is 0 Å². The summed E-state index contributed by atoms with van der Waals surface area (Å²) in [6.45, 7) is 1.62. The van der Waals surface area contributed by atoms with Crippen LogP contribution in [0, 0.1) is 11.6 Å². The fraction of sp³-hybridized carbons (Fsp3) is 0.143. The van der Waals surface area contributed by atoms with Crippen LogP contribution in [0.4, 0.5) is 14.5 Å². The van der Waals surface area contributed by atoms with E-state index in [0.29, 0.717) is 6.07 Å². The van der Waals surface area contributed by atoms with Gasteiger partial charge in [-0.05, 0) is 18.6 Å². The first-order chi connectivity index (χ1) is 9.81. The second kappa shape index (κ2) is 5.79. The molecule has 0 fully saturated rings. The van der Waals surface area contributed by atoms with Crippen molar-refractivity contribution in [3.8, 4) is 0 Å². The highest BCUT2D eigenvalue weighted by atomic mass is 32.2. The Morgan fingerprint density at radius 2 is 1.71 bits per heavy atom. The summed E-state index contributed by atoms with van der Waals surface area (Å²) in [6.07, 6.45) is 0. The van der Waals surface area contributed by atoms with E-state index in [2.05, 4.69) is 4.72 Å². The normalized spacial score (nSPS) is 13.1. The average molecular weight is 312 g/mol. The third kappa shape index (κ3) is 3.37. The average Bonchev–Trinajstić information content (AvgIpc) is 2.43. The molecule has 0 amide bonds. The van der Waals surface area contributed by atoms with Crippen LogP contribution in [0.15, 0.2) is 47.4 Å². The summed E-state index contributed by atoms with van der Waals surface area (Å²) in [5.41, 5.74) is 5.59. The summed E-state index contributed by atoms with van der Waals surface area (Å²) in [4.78, 5) is -0.677. The van der Waals surface area contributed by atoms with Crippen LogP contribution in [-0.4, -0.2) is 8.42 Å². The van der Waals surface area contributed by atoms with Crippen molar-refractivity contribution >= 4 is 15.7 Å². The first-order valence-electron chi connectivity index (χ1n) is 6.13. The lowest BCUT2D eigenvalue weighted by atomic mass is 10.1. The summed E-state index contributed by atoms with van der Waals surface area (Å²) in [6, 6.07) is 9.45. The first-order valence-corrected chi connectivity index (χ1v) is 7.61. The molecule has 0 heterocycles. The summed E-state index contributed by atoms with van der Waals surface area (Å²) in [7, 11) is -4.15. The maximum Gasteiger partial charge on any atom is 0.244 e. The number of benzene rings is 2. The molecule has 2 rings (SSSR count). The SMILES string of the molecule is C[C@@H](NS(=O)(=O)c1cc(N)c(F)cc1F)c1ccccc1. The molecule has 0 spiro atoms. The van der Waals surface area contributed by atoms with Crippen molar-refractivity contribution in [3.05, 3.63) is 59.7 Å². The van der Waals surface area contributed by atoms with Crippen LogP contribution in [0.2, 0.25) is 0 Å². The third-order valence-corrected chi connectivity index (χ3v) is 4.53. The first kappa shape index (κ1) is 15.4. The fourth-order valence-electron chi connectivity index (χ4n) is 1.86. The Morgan fingerprint density at radius 1 is 1.10 bits per heavy atom. The molecule has 1 atom stereocenters. The molecular weight excluding hydrogens is 298 g/mol. The highest BCUT2D eigenvalue weighted by Crippen LogP contribution is 2.23. The van der Waals surface area contributed by atoms with Gasteiger partial charge in [-0.15, -0.1) is 0 Å². The molecule has 0 radical (unpaired) electrons. The van der Waals surface area contributed by atoms with Crippen molar-refractivity contribution in [1.29, 1.82) is 0 Å². The minimum Gasteiger partial charge on any atom is -0.396 e. The molecule has 0 unspecified atom stereocenters. The zero-order valence-corrected chi connectivity index (χ0v) is 12.0. The number of nitrogens with two attached hydrogens (primary N) is 1. The highest BCUT2D eigenvalue weighted by molar-refractivity contribution is 7.89. The van der Waals surface area contributed by atoms with Gasteiger partial charge in [-0.1, -0.05) is 30.3 Å². The fourth-order valence-corrected chi connectivity index (χ4v) is 3.18. The van der Waals surface area contributed by atoms with Gasteiger partial charge in [0.25, 0.3) is 0 Å². The van der Waals surface area contributed by atoms with Crippen LogP contribution in [0.25, 0.3) is 0 Å². The van der Waals surface area contributed by atoms with Gasteiger partial charge in [-0.3, -0.25) is 0 Å². The lowest BCUT2D eigenvalue weighted by Crippen LogP contribution is -2.27. The number of sulfonamides is 1. The molecule has 0 aliphatic rings. The van der Waals surface area contributed by atoms with Crippen LogP contribution in [0.5, 0.6) is 0 Å². The molecule has 0 aliphatic heterocycles. The van der Waals surface area contributed by atoms with Crippen LogP contribution in [0.1, 0.15) is 18.5 Å². The second-order valence-corrected chi connectivity index (χ2v) is 6.24. The van der Waals surface area contributed by atoms with Gasteiger partial charge in [0.1, 0.15) is 16.5 Å². The van der Waals surface area contributed by atoms with Gasteiger partial charge in [0.05, 0.1) is 5.69 Å². The number of rotatable bonds is 4. The van der Waals surface area contributed by atoms with Gasteiger partial charge in [0, 0.05) is 12.1 Å². The predicted molar refractivity (Wildman–Crippen MR) is 75.9 cm³/mol. The van der Waals surface area contributed by atoms with E-state index >= 15 is 0 Å². The number of anilines is 1. The van der Waals surface area contributed by atoms with E-state index in [4.69, 9.17) is 5.73 Å². The van der Waals surface area contributed by atoms with Crippen molar-refractivity contribution in [1.82, 2.24) is 4.72 Å². The minimum absolute atomic E-state index is 0.427. The largest absolute Gasteiger partial charge is 0.396 e. The van der Waals surface area contributed by atoms with Gasteiger partial charge in [-0.25, -0.2) is 21.9 Å². The zero-order chi connectivity index (χ0) is 15.6. The number of nitrogens with one attached hydrogen (secondary N) is 1. The van der Waals surface area contributed by atoms with Crippen molar-refractivity contribution in [2.24, 2.45) is 0 Å². The molecule has 0 aromatic heterocycles. The molecule has 112 valence electrons. The number of hydrogen-bond acceptors (Lipinski definition) is 3. The van der Waals surface area contributed by atoms with Crippen LogP contribution < -0.4 is 10.5 Å². The number of nitrogen functional groups attached to an aromatic ring is 1. The Hall–Kier alpha value is -1.99. The zero-order valence-electron chi connectivity index (χ0n) is 11.2. The van der Waals surface area contributed by atoms with Crippen LogP contribution in [-0.2, 0) is 10.0 Å². The van der Waals surface area contributed by atoms with Crippen LogP contribution >= 0.6 is 0 Å². The quantitative estimate of drug-likeness (QED) is 0.852. The van der Waals surface area contributed by atoms with E-state index < -0.39 is 38.3 Å². The van der Waals surface area contributed by atoms with Crippen molar-refractivity contribution < 1.29 is 17.2 Å². The molecule has 3 N–H and O–H groups in total. The molecule has 21 heavy (non-hydrogen) atoms. The Bertz CT molecular complexity index is 749. The highest BCUT2D eigenvalue weighted by Gasteiger charge is 2.23. The second-order valence-electron chi connectivity index (χ2n) is 4.56. The number of hydrogen-bond donors (Lipinski definition) is 2. The minimum atomic E-state index is -4.15. The van der Waals surface area contributed by atoms with Crippen molar-refractivity contribution in [2.45, 2.75) is 17.9 Å². The van der Waals surface area contributed by atoms with E-state index in [9.17, 15) is 17.2 Å². The molecule has 4 nitrogen and oxygen atoms in total. The van der Waals surface area contributed by atoms with Gasteiger partial charge in [0.2, 0.25) is 10.0 Å². The Labute approximate surface area is 121 Å². The molecule has 2 aromatic rings. The van der Waals surface area contributed by atoms with E-state index in [1.165, 1.54) is 0 Å². The van der Waals surface area contributed by atoms with Crippen molar-refractivity contribution in [3.63, 3.8) is 0 Å². The van der Waals surface area contributed by atoms with E-state index in [-0.39, 0.29) is 0 Å². The Balaban J connectivity index is 2.33. The molecule has 2 aromatic carbocycles. The summed E-state index contributed by atoms with van der Waals surface area (Å²) >= 11 is 0. The smallest absolute Gasteiger partial charge is 0.244 e. The van der Waals surface area contributed by atoms with Gasteiger partial charge in [-0.2, -0.15) is 0 Å². The predicted octanol–water partition coefficient (Wildman–Crippen LogP) is 2.59. The number of halogens is 2. The molecular formula is C14H14F2N2O2S. The summed E-state index contributed by atoms with van der Waals surface area (Å²) in [5, 5.41) is 0. The molecule has 7 heteroatoms.